The number of hydrogen-bond acceptors (Lipinski definition) is 4. The van der Waals surface area contributed by atoms with E-state index in [9.17, 15) is 15.4 Å². The highest BCUT2D eigenvalue weighted by molar-refractivity contribution is 5.99. The van der Waals surface area contributed by atoms with Gasteiger partial charge in [0.1, 0.15) is 0 Å². The van der Waals surface area contributed by atoms with E-state index < -0.39 is 0 Å². The van der Waals surface area contributed by atoms with Crippen LogP contribution in [0.4, 0.5) is 0 Å². The van der Waals surface area contributed by atoms with Crippen molar-refractivity contribution in [1.29, 1.82) is 0 Å². The molecule has 23 heavy (non-hydrogen) atoms. The molecule has 0 aromatic heterocycles. The molecule has 0 amide bonds. The zero-order valence-electron chi connectivity index (χ0n) is 14.2. The molecule has 4 heteroatoms. The van der Waals surface area contributed by atoms with E-state index in [1.54, 1.807) is 0 Å². The number of allylic oxidation sites excluding steroid dienone is 1. The van der Waals surface area contributed by atoms with Crippen LogP contribution in [0, 0.1) is 28.6 Å². The van der Waals surface area contributed by atoms with Crippen molar-refractivity contribution < 1.29 is 15.4 Å². The van der Waals surface area contributed by atoms with Gasteiger partial charge in [0.25, 0.3) is 0 Å². The lowest BCUT2D eigenvalue weighted by molar-refractivity contribution is -0.0490. The Balaban J connectivity index is 1.79. The van der Waals surface area contributed by atoms with Gasteiger partial charge < -0.3 is 15.4 Å². The Kier molecular flexibility index (Phi) is 3.44. The van der Waals surface area contributed by atoms with E-state index in [4.69, 9.17) is 0 Å². The Morgan fingerprint density at radius 2 is 1.83 bits per heavy atom. The zero-order chi connectivity index (χ0) is 16.4. The van der Waals surface area contributed by atoms with Gasteiger partial charge in [0.05, 0.1) is 17.9 Å². The van der Waals surface area contributed by atoms with Crippen molar-refractivity contribution in [3.05, 3.63) is 11.6 Å². The maximum Gasteiger partial charge on any atom is 0.0832 e. The molecule has 7 atom stereocenters. The molecule has 0 spiro atoms. The van der Waals surface area contributed by atoms with Crippen molar-refractivity contribution in [3.8, 4) is 0 Å². The lowest BCUT2D eigenvalue weighted by Gasteiger charge is -2.57. The van der Waals surface area contributed by atoms with E-state index in [0.717, 1.165) is 44.2 Å². The van der Waals surface area contributed by atoms with Crippen LogP contribution in [0.5, 0.6) is 0 Å². The van der Waals surface area contributed by atoms with Crippen LogP contribution in [0.2, 0.25) is 0 Å². The summed E-state index contributed by atoms with van der Waals surface area (Å²) in [6.07, 6.45) is 8.23. The molecule has 0 aliphatic heterocycles. The number of nitrogens with zero attached hydrogens (tertiary/aromatic N) is 1. The molecule has 4 nitrogen and oxygen atoms in total. The third kappa shape index (κ3) is 2.00. The lowest BCUT2D eigenvalue weighted by Crippen LogP contribution is -2.54. The van der Waals surface area contributed by atoms with E-state index in [-0.39, 0.29) is 29.0 Å². The van der Waals surface area contributed by atoms with Crippen molar-refractivity contribution in [2.75, 3.05) is 0 Å². The minimum Gasteiger partial charge on any atom is -0.411 e. The summed E-state index contributed by atoms with van der Waals surface area (Å²) in [7, 11) is 0. The summed E-state index contributed by atoms with van der Waals surface area (Å²) in [6.45, 7) is 4.58. The van der Waals surface area contributed by atoms with Crippen LogP contribution >= 0.6 is 0 Å². The molecule has 128 valence electrons. The van der Waals surface area contributed by atoms with Crippen LogP contribution in [-0.4, -0.2) is 33.3 Å². The van der Waals surface area contributed by atoms with Gasteiger partial charge in [-0.05, 0) is 73.7 Å². The van der Waals surface area contributed by atoms with Crippen molar-refractivity contribution in [3.63, 3.8) is 0 Å². The van der Waals surface area contributed by atoms with E-state index >= 15 is 0 Å². The van der Waals surface area contributed by atoms with Gasteiger partial charge in [-0.3, -0.25) is 0 Å². The summed E-state index contributed by atoms with van der Waals surface area (Å²) in [6, 6.07) is 0. The third-order valence-corrected chi connectivity index (χ3v) is 8.00. The van der Waals surface area contributed by atoms with Crippen LogP contribution in [0.25, 0.3) is 0 Å². The van der Waals surface area contributed by atoms with Gasteiger partial charge in [-0.2, -0.15) is 0 Å². The summed E-state index contributed by atoms with van der Waals surface area (Å²) < 4.78 is 0. The van der Waals surface area contributed by atoms with Crippen molar-refractivity contribution in [2.24, 2.45) is 33.7 Å². The first-order valence-electron chi connectivity index (χ1n) is 9.19. The standard InChI is InChI=1S/C19H29NO3/c1-18-7-5-12(21)9-11(18)10-15(20-23)17-13-3-4-16(22)19(13,2)8-6-14(17)18/h10,12-14,16-17,21-23H,3-9H2,1-2H3/t12-,13?,14?,16-,17?,18-,19-/m0/s1. The highest BCUT2D eigenvalue weighted by Gasteiger charge is 2.60. The number of rotatable bonds is 0. The molecular formula is C19H29NO3. The number of hydrogen-bond donors (Lipinski definition) is 3. The molecule has 3 unspecified atom stereocenters. The molecule has 3 N–H and O–H groups in total. The van der Waals surface area contributed by atoms with E-state index in [0.29, 0.717) is 18.3 Å². The highest BCUT2D eigenvalue weighted by atomic mass is 16.4. The lowest BCUT2D eigenvalue weighted by atomic mass is 9.47. The van der Waals surface area contributed by atoms with Crippen molar-refractivity contribution in [2.45, 2.75) is 71.0 Å². The van der Waals surface area contributed by atoms with Gasteiger partial charge in [0.15, 0.2) is 0 Å². The molecule has 0 saturated heterocycles. The number of oxime groups is 1. The second-order valence-corrected chi connectivity index (χ2v) is 8.88. The number of aliphatic hydroxyl groups excluding tert-OH is 2. The maximum atomic E-state index is 10.5. The second-order valence-electron chi connectivity index (χ2n) is 8.88. The Morgan fingerprint density at radius 3 is 2.57 bits per heavy atom. The fourth-order valence-corrected chi connectivity index (χ4v) is 6.47. The van der Waals surface area contributed by atoms with Crippen molar-refractivity contribution >= 4 is 5.71 Å². The van der Waals surface area contributed by atoms with Crippen LogP contribution in [0.1, 0.15) is 58.8 Å². The summed E-state index contributed by atoms with van der Waals surface area (Å²) >= 11 is 0. The van der Waals surface area contributed by atoms with Gasteiger partial charge in [-0.15, -0.1) is 0 Å². The minimum absolute atomic E-state index is 0.0347. The molecule has 0 heterocycles. The van der Waals surface area contributed by atoms with Gasteiger partial charge in [0.2, 0.25) is 0 Å². The first-order chi connectivity index (χ1) is 10.9. The van der Waals surface area contributed by atoms with Crippen LogP contribution in [0.3, 0.4) is 0 Å². The average molecular weight is 319 g/mol. The summed E-state index contributed by atoms with van der Waals surface area (Å²) in [5, 5.41) is 33.9. The Morgan fingerprint density at radius 1 is 1.04 bits per heavy atom. The first-order valence-corrected chi connectivity index (χ1v) is 9.19. The Bertz CT molecular complexity index is 571. The molecule has 0 aromatic carbocycles. The van der Waals surface area contributed by atoms with Gasteiger partial charge in [-0.25, -0.2) is 0 Å². The number of fused-ring (bicyclic) bond motifs is 5. The fraction of sp³-hybridized carbons (Fsp3) is 0.842. The molecule has 0 aromatic rings. The monoisotopic (exact) mass is 319 g/mol. The normalized spacial score (nSPS) is 54.2. The summed E-state index contributed by atoms with van der Waals surface area (Å²) in [5.41, 5.74) is 2.15. The van der Waals surface area contributed by atoms with E-state index in [1.165, 1.54) is 5.57 Å². The minimum atomic E-state index is -0.257. The summed E-state index contributed by atoms with van der Waals surface area (Å²) in [4.78, 5) is 0. The van der Waals surface area contributed by atoms with E-state index in [1.807, 2.05) is 0 Å². The number of aliphatic hydroxyl groups is 2. The highest BCUT2D eigenvalue weighted by Crippen LogP contribution is 2.64. The predicted octanol–water partition coefficient (Wildman–Crippen LogP) is 3.11. The van der Waals surface area contributed by atoms with Crippen LogP contribution in [-0.2, 0) is 0 Å². The fourth-order valence-electron chi connectivity index (χ4n) is 6.47. The van der Waals surface area contributed by atoms with E-state index in [2.05, 4.69) is 25.1 Å². The molecule has 3 fully saturated rings. The molecule has 4 rings (SSSR count). The average Bonchev–Trinajstić information content (AvgIpc) is 2.83. The largest absolute Gasteiger partial charge is 0.411 e. The molecular weight excluding hydrogens is 290 g/mol. The zero-order valence-corrected chi connectivity index (χ0v) is 14.2. The molecule has 4 aliphatic rings. The SMILES string of the molecule is C[C@]12CC[C@H](O)CC1=CC(=NO)C1C2CC[C@@]2(C)C1CC[C@@H]2O. The quantitative estimate of drug-likeness (QED) is 0.474. The molecule has 0 radical (unpaired) electrons. The topological polar surface area (TPSA) is 73.1 Å². The van der Waals surface area contributed by atoms with Gasteiger partial charge in [0, 0.05) is 5.92 Å². The Hall–Kier alpha value is -0.870. The molecule has 0 bridgehead atoms. The third-order valence-electron chi connectivity index (χ3n) is 8.00. The predicted molar refractivity (Wildman–Crippen MR) is 88.3 cm³/mol. The van der Waals surface area contributed by atoms with Crippen molar-refractivity contribution in [1.82, 2.24) is 0 Å². The van der Waals surface area contributed by atoms with Crippen LogP contribution in [0.15, 0.2) is 16.8 Å². The summed E-state index contributed by atoms with van der Waals surface area (Å²) in [5.74, 6) is 1.13. The maximum absolute atomic E-state index is 10.5. The smallest absolute Gasteiger partial charge is 0.0832 e. The van der Waals surface area contributed by atoms with Crippen LogP contribution < -0.4 is 0 Å². The van der Waals surface area contributed by atoms with Gasteiger partial charge >= 0.3 is 0 Å². The second kappa shape index (κ2) is 5.06. The molecule has 3 saturated carbocycles. The first kappa shape index (κ1) is 15.6. The molecule has 4 aliphatic carbocycles. The van der Waals surface area contributed by atoms with Gasteiger partial charge in [-0.1, -0.05) is 24.6 Å². The Labute approximate surface area is 138 Å².